The first-order chi connectivity index (χ1) is 10.9. The molecule has 1 heterocycles. The standard InChI is InChI=1S/C15H17N3O3S2/c1-12(14-9-6-10-22-14)16-17-15(19)11-18(23(2,20)21)13-7-4-3-5-8-13/h3-10H,11H2,1-2H3,(H,17,19). The number of rotatable bonds is 6. The number of amides is 1. The molecule has 2 rings (SSSR count). The third-order valence-corrected chi connectivity index (χ3v) is 5.08. The third-order valence-electron chi connectivity index (χ3n) is 2.96. The maximum absolute atomic E-state index is 12.0. The van der Waals surface area contributed by atoms with Gasteiger partial charge in [-0.25, -0.2) is 13.8 Å². The monoisotopic (exact) mass is 351 g/mol. The molecule has 0 aliphatic rings. The summed E-state index contributed by atoms with van der Waals surface area (Å²) in [5.74, 6) is -0.504. The maximum atomic E-state index is 12.0. The number of thiophene rings is 1. The molecule has 2 aromatic rings. The van der Waals surface area contributed by atoms with Crippen molar-refractivity contribution in [3.63, 3.8) is 0 Å². The number of nitrogens with one attached hydrogen (secondary N) is 1. The van der Waals surface area contributed by atoms with E-state index < -0.39 is 15.9 Å². The van der Waals surface area contributed by atoms with Gasteiger partial charge in [0.2, 0.25) is 10.0 Å². The van der Waals surface area contributed by atoms with Gasteiger partial charge in [-0.3, -0.25) is 9.10 Å². The number of para-hydroxylation sites is 1. The minimum Gasteiger partial charge on any atom is -0.271 e. The van der Waals surface area contributed by atoms with Crippen LogP contribution < -0.4 is 9.73 Å². The lowest BCUT2D eigenvalue weighted by atomic mass is 10.3. The van der Waals surface area contributed by atoms with Crippen molar-refractivity contribution in [3.05, 3.63) is 52.7 Å². The minimum absolute atomic E-state index is 0.329. The molecular weight excluding hydrogens is 334 g/mol. The van der Waals surface area contributed by atoms with Gasteiger partial charge in [-0.05, 0) is 30.5 Å². The summed E-state index contributed by atoms with van der Waals surface area (Å²) in [5.41, 5.74) is 3.49. The molecule has 23 heavy (non-hydrogen) atoms. The summed E-state index contributed by atoms with van der Waals surface area (Å²) in [6.45, 7) is 1.45. The zero-order valence-corrected chi connectivity index (χ0v) is 14.4. The molecule has 0 spiro atoms. The largest absolute Gasteiger partial charge is 0.271 e. The Morgan fingerprint density at radius 2 is 1.91 bits per heavy atom. The summed E-state index contributed by atoms with van der Waals surface area (Å²) in [7, 11) is -3.57. The van der Waals surface area contributed by atoms with Crippen LogP contribution in [0.4, 0.5) is 5.69 Å². The summed E-state index contributed by atoms with van der Waals surface area (Å²) < 4.78 is 24.8. The molecule has 1 aromatic heterocycles. The molecule has 0 fully saturated rings. The second kappa shape index (κ2) is 7.38. The van der Waals surface area contributed by atoms with E-state index in [4.69, 9.17) is 0 Å². The van der Waals surface area contributed by atoms with Crippen molar-refractivity contribution >= 4 is 38.7 Å². The summed E-state index contributed by atoms with van der Waals surface area (Å²) in [4.78, 5) is 13.0. The van der Waals surface area contributed by atoms with Crippen LogP contribution in [0.1, 0.15) is 11.8 Å². The average molecular weight is 351 g/mol. The average Bonchev–Trinajstić information content (AvgIpc) is 3.04. The zero-order valence-electron chi connectivity index (χ0n) is 12.8. The van der Waals surface area contributed by atoms with Crippen LogP contribution in [0.15, 0.2) is 52.9 Å². The second-order valence-electron chi connectivity index (χ2n) is 4.81. The Hall–Kier alpha value is -2.19. The minimum atomic E-state index is -3.57. The van der Waals surface area contributed by atoms with Crippen LogP contribution >= 0.6 is 11.3 Å². The highest BCUT2D eigenvalue weighted by atomic mass is 32.2. The molecule has 0 aliphatic carbocycles. The molecule has 0 unspecified atom stereocenters. The zero-order chi connectivity index (χ0) is 16.9. The van der Waals surface area contributed by atoms with Gasteiger partial charge in [-0.15, -0.1) is 11.3 Å². The van der Waals surface area contributed by atoms with Crippen molar-refractivity contribution in [2.24, 2.45) is 5.10 Å². The third kappa shape index (κ3) is 4.90. The van der Waals surface area contributed by atoms with Gasteiger partial charge in [0.15, 0.2) is 0 Å². The predicted molar refractivity (Wildman–Crippen MR) is 93.3 cm³/mol. The smallest absolute Gasteiger partial charge is 0.260 e. The number of nitrogens with zero attached hydrogens (tertiary/aromatic N) is 2. The van der Waals surface area contributed by atoms with E-state index in [2.05, 4.69) is 10.5 Å². The van der Waals surface area contributed by atoms with Crippen LogP contribution in [0.5, 0.6) is 0 Å². The quantitative estimate of drug-likeness (QED) is 0.639. The topological polar surface area (TPSA) is 78.8 Å². The van der Waals surface area contributed by atoms with Crippen molar-refractivity contribution < 1.29 is 13.2 Å². The lowest BCUT2D eigenvalue weighted by molar-refractivity contribution is -0.119. The van der Waals surface area contributed by atoms with Gasteiger partial charge in [0, 0.05) is 4.88 Å². The summed E-state index contributed by atoms with van der Waals surface area (Å²) in [6.07, 6.45) is 1.06. The SMILES string of the molecule is CC(=NNC(=O)CN(c1ccccc1)S(C)(=O)=O)c1cccs1. The molecule has 0 saturated heterocycles. The molecule has 0 aliphatic heterocycles. The lowest BCUT2D eigenvalue weighted by Gasteiger charge is -2.21. The molecule has 1 aromatic carbocycles. The first-order valence-corrected chi connectivity index (χ1v) is 9.50. The highest BCUT2D eigenvalue weighted by Gasteiger charge is 2.20. The number of sulfonamides is 1. The fourth-order valence-corrected chi connectivity index (χ4v) is 3.38. The fourth-order valence-electron chi connectivity index (χ4n) is 1.85. The molecule has 8 heteroatoms. The van der Waals surface area contributed by atoms with E-state index in [-0.39, 0.29) is 6.54 Å². The first-order valence-electron chi connectivity index (χ1n) is 6.77. The molecule has 6 nitrogen and oxygen atoms in total. The Morgan fingerprint density at radius 3 is 2.48 bits per heavy atom. The molecule has 0 radical (unpaired) electrons. The summed E-state index contributed by atoms with van der Waals surface area (Å²) in [5, 5.41) is 5.92. The number of carbonyl (C=O) groups excluding carboxylic acids is 1. The van der Waals surface area contributed by atoms with Crippen molar-refractivity contribution in [1.82, 2.24) is 5.43 Å². The van der Waals surface area contributed by atoms with Gasteiger partial charge >= 0.3 is 0 Å². The van der Waals surface area contributed by atoms with E-state index in [1.807, 2.05) is 17.5 Å². The Labute approximate surface area is 139 Å². The Morgan fingerprint density at radius 1 is 1.22 bits per heavy atom. The van der Waals surface area contributed by atoms with E-state index in [1.54, 1.807) is 37.3 Å². The van der Waals surface area contributed by atoms with Gasteiger partial charge in [0.05, 0.1) is 17.7 Å². The van der Waals surface area contributed by atoms with Crippen LogP contribution in [-0.2, 0) is 14.8 Å². The molecule has 1 amide bonds. The van der Waals surface area contributed by atoms with Gasteiger partial charge in [-0.1, -0.05) is 24.3 Å². The first kappa shape index (κ1) is 17.2. The van der Waals surface area contributed by atoms with Gasteiger partial charge in [0.25, 0.3) is 5.91 Å². The lowest BCUT2D eigenvalue weighted by Crippen LogP contribution is -2.39. The number of anilines is 1. The summed E-state index contributed by atoms with van der Waals surface area (Å²) >= 11 is 1.51. The van der Waals surface area contributed by atoms with Crippen molar-refractivity contribution in [2.75, 3.05) is 17.1 Å². The van der Waals surface area contributed by atoms with Gasteiger partial charge < -0.3 is 0 Å². The summed E-state index contributed by atoms with van der Waals surface area (Å²) in [6, 6.07) is 12.3. The molecule has 1 N–H and O–H groups in total. The normalized spacial score (nSPS) is 12.0. The van der Waals surface area contributed by atoms with Crippen LogP contribution in [0.3, 0.4) is 0 Å². The number of benzene rings is 1. The van der Waals surface area contributed by atoms with Crippen LogP contribution in [-0.4, -0.2) is 32.8 Å². The van der Waals surface area contributed by atoms with Gasteiger partial charge in [0.1, 0.15) is 6.54 Å². The molecule has 122 valence electrons. The highest BCUT2D eigenvalue weighted by molar-refractivity contribution is 7.92. The van der Waals surface area contributed by atoms with Crippen molar-refractivity contribution in [2.45, 2.75) is 6.92 Å². The van der Waals surface area contributed by atoms with Crippen LogP contribution in [0.2, 0.25) is 0 Å². The highest BCUT2D eigenvalue weighted by Crippen LogP contribution is 2.16. The van der Waals surface area contributed by atoms with Crippen molar-refractivity contribution in [1.29, 1.82) is 0 Å². The van der Waals surface area contributed by atoms with E-state index >= 15 is 0 Å². The molecule has 0 saturated carbocycles. The van der Waals surface area contributed by atoms with E-state index in [0.29, 0.717) is 11.4 Å². The number of carbonyl (C=O) groups is 1. The molecule has 0 atom stereocenters. The van der Waals surface area contributed by atoms with Gasteiger partial charge in [-0.2, -0.15) is 5.10 Å². The maximum Gasteiger partial charge on any atom is 0.260 e. The Balaban J connectivity index is 2.09. The molecule has 0 bridgehead atoms. The van der Waals surface area contributed by atoms with E-state index in [9.17, 15) is 13.2 Å². The van der Waals surface area contributed by atoms with E-state index in [0.717, 1.165) is 15.4 Å². The number of hydrazone groups is 1. The fraction of sp³-hybridized carbons (Fsp3) is 0.200. The number of hydrogen-bond acceptors (Lipinski definition) is 5. The Kier molecular flexibility index (Phi) is 5.51. The van der Waals surface area contributed by atoms with Crippen molar-refractivity contribution in [3.8, 4) is 0 Å². The van der Waals surface area contributed by atoms with Crippen LogP contribution in [0, 0.1) is 0 Å². The predicted octanol–water partition coefficient (Wildman–Crippen LogP) is 2.05. The second-order valence-corrected chi connectivity index (χ2v) is 7.67. The number of hydrogen-bond donors (Lipinski definition) is 1. The van der Waals surface area contributed by atoms with E-state index in [1.165, 1.54) is 11.3 Å². The molecular formula is C15H17N3O3S2. The van der Waals surface area contributed by atoms with Crippen LogP contribution in [0.25, 0.3) is 0 Å². The Bertz CT molecular complexity index is 785.